The average Bonchev–Trinajstić information content (AvgIpc) is 3.12. The lowest BCUT2D eigenvalue weighted by molar-refractivity contribution is -0.137. The predicted molar refractivity (Wildman–Crippen MR) is 105 cm³/mol. The minimum absolute atomic E-state index is 0.467. The minimum Gasteiger partial charge on any atom is -0.366 e. The van der Waals surface area contributed by atoms with Gasteiger partial charge in [-0.25, -0.2) is 4.98 Å². The van der Waals surface area contributed by atoms with Gasteiger partial charge in [0.15, 0.2) is 0 Å². The highest BCUT2D eigenvalue weighted by Crippen LogP contribution is 2.38. The molecule has 0 radical (unpaired) electrons. The third-order valence-electron chi connectivity index (χ3n) is 4.68. The number of pyridine rings is 1. The maximum atomic E-state index is 12.9. The van der Waals surface area contributed by atoms with E-state index in [9.17, 15) is 18.0 Å². The summed E-state index contributed by atoms with van der Waals surface area (Å²) in [5, 5.41) is 0. The molecule has 0 aliphatic carbocycles. The molecule has 1 amide bonds. The van der Waals surface area contributed by atoms with Gasteiger partial charge in [-0.15, -0.1) is 0 Å². The van der Waals surface area contributed by atoms with E-state index in [1.807, 2.05) is 17.0 Å². The third kappa shape index (κ3) is 3.93. The van der Waals surface area contributed by atoms with Crippen molar-refractivity contribution in [3.8, 4) is 0 Å². The zero-order valence-electron chi connectivity index (χ0n) is 15.1. The summed E-state index contributed by atoms with van der Waals surface area (Å²) in [4.78, 5) is 19.3. The molecular weight excluding hydrogens is 399 g/mol. The van der Waals surface area contributed by atoms with E-state index in [2.05, 4.69) is 4.98 Å². The molecule has 29 heavy (non-hydrogen) atoms. The van der Waals surface area contributed by atoms with Crippen molar-refractivity contribution >= 4 is 29.2 Å². The lowest BCUT2D eigenvalue weighted by atomic mass is 10.0. The molecule has 0 fully saturated rings. The van der Waals surface area contributed by atoms with Crippen LogP contribution in [-0.4, -0.2) is 17.4 Å². The number of halogens is 3. The lowest BCUT2D eigenvalue weighted by Crippen LogP contribution is -2.15. The number of nitrogens with zero attached hydrogens (tertiary/aromatic N) is 2. The molecule has 2 N–H and O–H groups in total. The second kappa shape index (κ2) is 7.44. The van der Waals surface area contributed by atoms with E-state index in [0.717, 1.165) is 28.3 Å². The van der Waals surface area contributed by atoms with Gasteiger partial charge in [0.25, 0.3) is 0 Å². The van der Waals surface area contributed by atoms with Crippen molar-refractivity contribution in [1.82, 2.24) is 4.98 Å². The number of hydrogen-bond acceptors (Lipinski definition) is 4. The van der Waals surface area contributed by atoms with Crippen molar-refractivity contribution < 1.29 is 18.0 Å². The number of hydrogen-bond donors (Lipinski definition) is 1. The van der Waals surface area contributed by atoms with Crippen LogP contribution in [0.3, 0.4) is 0 Å². The molecule has 0 bridgehead atoms. The van der Waals surface area contributed by atoms with Crippen molar-refractivity contribution in [1.29, 1.82) is 0 Å². The van der Waals surface area contributed by atoms with Gasteiger partial charge in [-0.05, 0) is 54.4 Å². The molecule has 2 heterocycles. The fourth-order valence-corrected chi connectivity index (χ4v) is 4.28. The number of anilines is 2. The highest BCUT2D eigenvalue weighted by molar-refractivity contribution is 7.99. The highest BCUT2D eigenvalue weighted by atomic mass is 32.2. The summed E-state index contributed by atoms with van der Waals surface area (Å²) in [6.45, 7) is 0.643. The van der Waals surface area contributed by atoms with E-state index in [-0.39, 0.29) is 0 Å². The highest BCUT2D eigenvalue weighted by Gasteiger charge is 2.30. The van der Waals surface area contributed by atoms with Gasteiger partial charge in [0, 0.05) is 33.8 Å². The molecule has 1 aromatic heterocycles. The van der Waals surface area contributed by atoms with E-state index in [1.54, 1.807) is 30.5 Å². The quantitative estimate of drug-likeness (QED) is 0.648. The number of amides is 1. The molecule has 2 aromatic carbocycles. The van der Waals surface area contributed by atoms with Crippen molar-refractivity contribution in [3.63, 3.8) is 0 Å². The predicted octanol–water partition coefficient (Wildman–Crippen LogP) is 5.04. The maximum Gasteiger partial charge on any atom is 0.416 e. The second-order valence-corrected chi connectivity index (χ2v) is 7.69. The number of carbonyl (C=O) groups excluding carboxylic acids is 1. The van der Waals surface area contributed by atoms with Crippen LogP contribution in [0, 0.1) is 0 Å². The van der Waals surface area contributed by atoms with Crippen molar-refractivity contribution in [2.45, 2.75) is 22.4 Å². The number of primary amides is 1. The largest absolute Gasteiger partial charge is 0.416 e. The molecule has 3 aromatic rings. The normalized spacial score (nSPS) is 13.4. The number of aromatic nitrogens is 1. The fraction of sp³-hybridized carbons (Fsp3) is 0.143. The summed E-state index contributed by atoms with van der Waals surface area (Å²) in [7, 11) is 0. The molecule has 0 saturated carbocycles. The Balaban J connectivity index is 1.62. The van der Waals surface area contributed by atoms with Gasteiger partial charge in [0.2, 0.25) is 5.91 Å². The van der Waals surface area contributed by atoms with Crippen LogP contribution in [0.4, 0.5) is 24.7 Å². The molecule has 0 saturated heterocycles. The topological polar surface area (TPSA) is 59.2 Å². The summed E-state index contributed by atoms with van der Waals surface area (Å²) in [6, 6.07) is 14.2. The number of carbonyl (C=O) groups is 1. The zero-order valence-corrected chi connectivity index (χ0v) is 15.9. The molecule has 0 unspecified atom stereocenters. The van der Waals surface area contributed by atoms with Gasteiger partial charge in [-0.2, -0.15) is 13.2 Å². The van der Waals surface area contributed by atoms with E-state index in [1.165, 1.54) is 17.8 Å². The van der Waals surface area contributed by atoms with Crippen LogP contribution in [0.2, 0.25) is 0 Å². The van der Waals surface area contributed by atoms with Crippen LogP contribution in [-0.2, 0) is 12.6 Å². The zero-order chi connectivity index (χ0) is 20.6. The molecule has 0 spiro atoms. The molecule has 4 rings (SSSR count). The Labute approximate surface area is 169 Å². The van der Waals surface area contributed by atoms with Gasteiger partial charge in [-0.3, -0.25) is 4.79 Å². The molecule has 148 valence electrons. The van der Waals surface area contributed by atoms with E-state index < -0.39 is 17.6 Å². The van der Waals surface area contributed by atoms with Crippen LogP contribution in [0.5, 0.6) is 0 Å². The standard InChI is InChI=1S/C21H16F3N3OS/c22-21(23,24)13-3-1-4-14(11-13)29-15-7-9-26-19(12-15)27-10-8-16-17(20(25)28)5-2-6-18(16)27/h1-7,9,11-12H,8,10H2,(H2,25,28). The summed E-state index contributed by atoms with van der Waals surface area (Å²) in [5.41, 5.74) is 7.05. The third-order valence-corrected chi connectivity index (χ3v) is 5.66. The lowest BCUT2D eigenvalue weighted by Gasteiger charge is -2.19. The van der Waals surface area contributed by atoms with Crippen molar-refractivity contribution in [2.24, 2.45) is 5.73 Å². The molecule has 1 aliphatic rings. The van der Waals surface area contributed by atoms with Gasteiger partial charge < -0.3 is 10.6 Å². The van der Waals surface area contributed by atoms with Gasteiger partial charge >= 0.3 is 6.18 Å². The molecule has 8 heteroatoms. The van der Waals surface area contributed by atoms with Crippen LogP contribution in [0.1, 0.15) is 21.5 Å². The smallest absolute Gasteiger partial charge is 0.366 e. The summed E-state index contributed by atoms with van der Waals surface area (Å²) >= 11 is 1.24. The molecule has 1 aliphatic heterocycles. The Morgan fingerprint density at radius 3 is 2.59 bits per heavy atom. The average molecular weight is 415 g/mol. The van der Waals surface area contributed by atoms with Crippen LogP contribution in [0.25, 0.3) is 0 Å². The SMILES string of the molecule is NC(=O)c1cccc2c1CCN2c1cc(Sc2cccc(C(F)(F)F)c2)ccn1. The van der Waals surface area contributed by atoms with E-state index in [4.69, 9.17) is 5.73 Å². The van der Waals surface area contributed by atoms with Gasteiger partial charge in [0.05, 0.1) is 5.56 Å². The number of alkyl halides is 3. The van der Waals surface area contributed by atoms with Crippen molar-refractivity contribution in [2.75, 3.05) is 11.4 Å². The first-order valence-corrected chi connectivity index (χ1v) is 9.65. The number of fused-ring (bicyclic) bond motifs is 1. The van der Waals surface area contributed by atoms with E-state index in [0.29, 0.717) is 29.2 Å². The first-order chi connectivity index (χ1) is 13.8. The molecule has 0 atom stereocenters. The number of benzene rings is 2. The Morgan fingerprint density at radius 2 is 1.83 bits per heavy atom. The number of rotatable bonds is 4. The molecular formula is C21H16F3N3OS. The summed E-state index contributed by atoms with van der Waals surface area (Å²) in [6.07, 6.45) is -2.08. The Hall–Kier alpha value is -3.00. The first-order valence-electron chi connectivity index (χ1n) is 8.83. The Morgan fingerprint density at radius 1 is 1.07 bits per heavy atom. The van der Waals surface area contributed by atoms with Crippen molar-refractivity contribution in [3.05, 3.63) is 77.5 Å². The Bertz CT molecular complexity index is 1080. The number of nitrogens with two attached hydrogens (primary N) is 1. The Kier molecular flexibility index (Phi) is 4.96. The maximum absolute atomic E-state index is 12.9. The summed E-state index contributed by atoms with van der Waals surface area (Å²) in [5.74, 6) is 0.202. The van der Waals surface area contributed by atoms with Gasteiger partial charge in [0.1, 0.15) is 5.82 Å². The monoisotopic (exact) mass is 415 g/mol. The fourth-order valence-electron chi connectivity index (χ4n) is 3.39. The minimum atomic E-state index is -4.38. The first kappa shape index (κ1) is 19.3. The van der Waals surface area contributed by atoms with Crippen LogP contribution < -0.4 is 10.6 Å². The molecule has 4 nitrogen and oxygen atoms in total. The van der Waals surface area contributed by atoms with Crippen LogP contribution in [0.15, 0.2) is 70.6 Å². The summed E-state index contributed by atoms with van der Waals surface area (Å²) < 4.78 is 38.8. The van der Waals surface area contributed by atoms with Crippen LogP contribution >= 0.6 is 11.8 Å². The van der Waals surface area contributed by atoms with E-state index >= 15 is 0 Å². The van der Waals surface area contributed by atoms with Gasteiger partial charge in [-0.1, -0.05) is 23.9 Å². The second-order valence-electron chi connectivity index (χ2n) is 6.55.